The molecule has 0 saturated heterocycles. The van der Waals surface area contributed by atoms with Crippen LogP contribution in [0, 0.1) is 23.3 Å². The number of hydrogen-bond acceptors (Lipinski definition) is 5. The van der Waals surface area contributed by atoms with Gasteiger partial charge in [-0.05, 0) is 55.0 Å². The van der Waals surface area contributed by atoms with E-state index in [0.29, 0.717) is 21.9 Å². The van der Waals surface area contributed by atoms with Gasteiger partial charge >= 0.3 is 0 Å². The van der Waals surface area contributed by atoms with E-state index in [9.17, 15) is 8.78 Å². The van der Waals surface area contributed by atoms with E-state index >= 15 is 0 Å². The average Bonchev–Trinajstić information content (AvgIpc) is 2.97. The van der Waals surface area contributed by atoms with Gasteiger partial charge in [-0.1, -0.05) is 0 Å². The monoisotopic (exact) mass is 390 g/mol. The van der Waals surface area contributed by atoms with Gasteiger partial charge < -0.3 is 9.47 Å². The SMILES string of the molecule is COc1ccc(/C=N\n2c(C)n[nH]c2=S)cc1COc1ccc(F)cc1F. The van der Waals surface area contributed by atoms with E-state index in [1.54, 1.807) is 25.3 Å². The third-order valence-electron chi connectivity index (χ3n) is 3.72. The molecule has 0 radical (unpaired) electrons. The third-order valence-corrected chi connectivity index (χ3v) is 3.98. The molecule has 0 aliphatic heterocycles. The van der Waals surface area contributed by atoms with Gasteiger partial charge in [-0.25, -0.2) is 8.78 Å². The molecule has 1 aromatic heterocycles. The Hall–Kier alpha value is -3.07. The minimum absolute atomic E-state index is 0.0393. The number of nitrogens with one attached hydrogen (secondary N) is 1. The number of ether oxygens (including phenoxy) is 2. The zero-order chi connectivity index (χ0) is 19.4. The summed E-state index contributed by atoms with van der Waals surface area (Å²) in [6, 6.07) is 8.50. The van der Waals surface area contributed by atoms with Crippen molar-refractivity contribution in [3.8, 4) is 11.5 Å². The summed E-state index contributed by atoms with van der Waals surface area (Å²) in [7, 11) is 1.53. The lowest BCUT2D eigenvalue weighted by molar-refractivity contribution is 0.282. The number of H-pyrrole nitrogens is 1. The van der Waals surface area contributed by atoms with Crippen molar-refractivity contribution >= 4 is 18.4 Å². The summed E-state index contributed by atoms with van der Waals surface area (Å²) in [4.78, 5) is 0. The summed E-state index contributed by atoms with van der Waals surface area (Å²) >= 11 is 5.10. The zero-order valence-electron chi connectivity index (χ0n) is 14.6. The number of nitrogens with zero attached hydrogens (tertiary/aromatic N) is 3. The quantitative estimate of drug-likeness (QED) is 0.510. The van der Waals surface area contributed by atoms with Crippen LogP contribution < -0.4 is 9.47 Å². The van der Waals surface area contributed by atoms with E-state index in [0.717, 1.165) is 17.7 Å². The van der Waals surface area contributed by atoms with Gasteiger partial charge in [-0.3, -0.25) is 5.10 Å². The van der Waals surface area contributed by atoms with Crippen molar-refractivity contribution in [3.05, 3.63) is 69.8 Å². The summed E-state index contributed by atoms with van der Waals surface area (Å²) in [6.45, 7) is 1.81. The normalized spacial score (nSPS) is 11.1. The first-order chi connectivity index (χ1) is 13.0. The lowest BCUT2D eigenvalue weighted by Crippen LogP contribution is -2.02. The van der Waals surface area contributed by atoms with Crippen LogP contribution in [0.5, 0.6) is 11.5 Å². The molecule has 2 aromatic carbocycles. The fourth-order valence-corrected chi connectivity index (χ4v) is 2.60. The van der Waals surface area contributed by atoms with Crippen molar-refractivity contribution in [2.75, 3.05) is 7.11 Å². The standard InChI is InChI=1S/C18H16F2N4O2S/c1-11-22-23-18(27)24(11)21-9-12-3-5-16(25-2)13(7-12)10-26-17-6-4-14(19)8-15(17)20/h3-9H,10H2,1-2H3,(H,23,27)/b21-9-. The van der Waals surface area contributed by atoms with Gasteiger partial charge in [0.15, 0.2) is 11.6 Å². The lowest BCUT2D eigenvalue weighted by atomic mass is 10.1. The Kier molecular flexibility index (Phi) is 5.60. The molecule has 0 saturated carbocycles. The molecular weight excluding hydrogens is 374 g/mol. The first kappa shape index (κ1) is 18.7. The number of hydrogen-bond donors (Lipinski definition) is 1. The van der Waals surface area contributed by atoms with Crippen LogP contribution in [0.4, 0.5) is 8.78 Å². The number of rotatable bonds is 6. The van der Waals surface area contributed by atoms with Gasteiger partial charge in [0.1, 0.15) is 24.0 Å². The molecule has 27 heavy (non-hydrogen) atoms. The third kappa shape index (κ3) is 4.37. The highest BCUT2D eigenvalue weighted by molar-refractivity contribution is 7.71. The van der Waals surface area contributed by atoms with Crippen LogP contribution in [0.1, 0.15) is 17.0 Å². The number of benzene rings is 2. The highest BCUT2D eigenvalue weighted by Crippen LogP contribution is 2.23. The van der Waals surface area contributed by atoms with Crippen molar-refractivity contribution in [1.29, 1.82) is 0 Å². The molecule has 0 bridgehead atoms. The van der Waals surface area contributed by atoms with Crippen LogP contribution >= 0.6 is 12.2 Å². The highest BCUT2D eigenvalue weighted by Gasteiger charge is 2.09. The van der Waals surface area contributed by atoms with E-state index in [1.165, 1.54) is 17.9 Å². The molecule has 3 aromatic rings. The predicted octanol–water partition coefficient (Wildman–Crippen LogP) is 4.00. The van der Waals surface area contributed by atoms with Crippen LogP contribution in [0.15, 0.2) is 41.5 Å². The second kappa shape index (κ2) is 8.09. The highest BCUT2D eigenvalue weighted by atomic mass is 32.1. The largest absolute Gasteiger partial charge is 0.496 e. The number of methoxy groups -OCH3 is 1. The molecular formula is C18H16F2N4O2S. The van der Waals surface area contributed by atoms with Crippen molar-refractivity contribution in [3.63, 3.8) is 0 Å². The molecule has 0 unspecified atom stereocenters. The summed E-state index contributed by atoms with van der Waals surface area (Å²) in [6.07, 6.45) is 1.61. The van der Waals surface area contributed by atoms with E-state index in [1.807, 2.05) is 6.07 Å². The zero-order valence-corrected chi connectivity index (χ0v) is 15.4. The van der Waals surface area contributed by atoms with Crippen molar-refractivity contribution in [1.82, 2.24) is 14.9 Å². The van der Waals surface area contributed by atoms with Gasteiger partial charge in [0.05, 0.1) is 13.3 Å². The molecule has 3 rings (SSSR count). The van der Waals surface area contributed by atoms with Crippen molar-refractivity contribution in [2.24, 2.45) is 5.10 Å². The first-order valence-electron chi connectivity index (χ1n) is 7.91. The second-order valence-corrected chi connectivity index (χ2v) is 5.95. The average molecular weight is 390 g/mol. The van der Waals surface area contributed by atoms with Gasteiger partial charge in [-0.15, -0.1) is 0 Å². The van der Waals surface area contributed by atoms with Crippen LogP contribution in [0.25, 0.3) is 0 Å². The molecule has 0 atom stereocenters. The molecule has 0 aliphatic rings. The van der Waals surface area contributed by atoms with Crippen molar-refractivity contribution in [2.45, 2.75) is 13.5 Å². The molecule has 0 spiro atoms. The van der Waals surface area contributed by atoms with Crippen LogP contribution in [0.3, 0.4) is 0 Å². The fourth-order valence-electron chi connectivity index (χ4n) is 2.37. The Morgan fingerprint density at radius 1 is 1.22 bits per heavy atom. The lowest BCUT2D eigenvalue weighted by Gasteiger charge is -2.11. The fraction of sp³-hybridized carbons (Fsp3) is 0.167. The molecule has 0 amide bonds. The molecule has 1 N–H and O–H groups in total. The van der Waals surface area contributed by atoms with Crippen molar-refractivity contribution < 1.29 is 18.3 Å². The molecule has 6 nitrogen and oxygen atoms in total. The minimum atomic E-state index is -0.767. The Morgan fingerprint density at radius 3 is 2.67 bits per heavy atom. The second-order valence-electron chi connectivity index (χ2n) is 5.57. The van der Waals surface area contributed by atoms with Gasteiger partial charge in [0, 0.05) is 11.6 Å². The number of halogens is 2. The maximum atomic E-state index is 13.7. The topological polar surface area (TPSA) is 64.4 Å². The molecule has 0 fully saturated rings. The minimum Gasteiger partial charge on any atom is -0.496 e. The maximum Gasteiger partial charge on any atom is 0.216 e. The summed E-state index contributed by atoms with van der Waals surface area (Å²) < 4.78 is 39.4. The Morgan fingerprint density at radius 2 is 2.00 bits per heavy atom. The van der Waals surface area contributed by atoms with Crippen LogP contribution in [-0.2, 0) is 6.61 Å². The van der Waals surface area contributed by atoms with Gasteiger partial charge in [0.2, 0.25) is 4.77 Å². The smallest absolute Gasteiger partial charge is 0.216 e. The van der Waals surface area contributed by atoms with E-state index in [4.69, 9.17) is 21.7 Å². The summed E-state index contributed by atoms with van der Waals surface area (Å²) in [5, 5.41) is 10.9. The van der Waals surface area contributed by atoms with E-state index in [2.05, 4.69) is 15.3 Å². The van der Waals surface area contributed by atoms with Crippen LogP contribution in [-0.4, -0.2) is 28.2 Å². The number of aryl methyl sites for hydroxylation is 1. The number of aromatic nitrogens is 3. The molecule has 140 valence electrons. The van der Waals surface area contributed by atoms with E-state index < -0.39 is 11.6 Å². The molecule has 9 heteroatoms. The predicted molar refractivity (Wildman–Crippen MR) is 98.8 cm³/mol. The number of aromatic amines is 1. The molecule has 1 heterocycles. The summed E-state index contributed by atoms with van der Waals surface area (Å²) in [5.74, 6) is -0.274. The first-order valence-corrected chi connectivity index (χ1v) is 8.32. The van der Waals surface area contributed by atoms with Gasteiger partial charge in [-0.2, -0.15) is 14.9 Å². The van der Waals surface area contributed by atoms with Gasteiger partial charge in [0.25, 0.3) is 0 Å². The molecule has 0 aliphatic carbocycles. The van der Waals surface area contributed by atoms with E-state index in [-0.39, 0.29) is 12.4 Å². The maximum absolute atomic E-state index is 13.7. The Balaban J connectivity index is 1.82. The van der Waals surface area contributed by atoms with Crippen LogP contribution in [0.2, 0.25) is 0 Å². The Labute approximate surface area is 159 Å². The Bertz CT molecular complexity index is 1050. The summed E-state index contributed by atoms with van der Waals surface area (Å²) in [5.41, 5.74) is 1.44.